The summed E-state index contributed by atoms with van der Waals surface area (Å²) < 4.78 is 26.6. The SMILES string of the molecule is CN1CCN(CCNS(=O)(=O)c2cc(C(=O)O)cs2)CC1. The molecule has 1 aliphatic heterocycles. The van der Waals surface area contributed by atoms with Gasteiger partial charge >= 0.3 is 5.97 Å². The molecule has 0 unspecified atom stereocenters. The Morgan fingerprint density at radius 1 is 1.38 bits per heavy atom. The van der Waals surface area contributed by atoms with Crippen molar-refractivity contribution < 1.29 is 18.3 Å². The molecular formula is C12H19N3O4S2. The van der Waals surface area contributed by atoms with Crippen LogP contribution in [0.4, 0.5) is 0 Å². The fourth-order valence-electron chi connectivity index (χ4n) is 2.05. The molecule has 7 nitrogen and oxygen atoms in total. The van der Waals surface area contributed by atoms with Crippen molar-refractivity contribution in [3.63, 3.8) is 0 Å². The number of carbonyl (C=O) groups is 1. The second kappa shape index (κ2) is 6.84. The second-order valence-corrected chi connectivity index (χ2v) is 7.91. The van der Waals surface area contributed by atoms with Gasteiger partial charge in [0.2, 0.25) is 10.0 Å². The molecule has 1 aromatic rings. The summed E-state index contributed by atoms with van der Waals surface area (Å²) in [4.78, 5) is 15.2. The molecule has 9 heteroatoms. The number of sulfonamides is 1. The molecule has 1 aromatic heterocycles. The van der Waals surface area contributed by atoms with Crippen LogP contribution in [0.1, 0.15) is 10.4 Å². The summed E-state index contributed by atoms with van der Waals surface area (Å²) in [5, 5.41) is 10.1. The van der Waals surface area contributed by atoms with Gasteiger partial charge < -0.3 is 10.0 Å². The molecule has 2 N–H and O–H groups in total. The molecule has 2 rings (SSSR count). The lowest BCUT2D eigenvalue weighted by Crippen LogP contribution is -2.46. The minimum absolute atomic E-state index is 0.000516. The lowest BCUT2D eigenvalue weighted by atomic mass is 10.3. The fourth-order valence-corrected chi connectivity index (χ4v) is 4.27. The average Bonchev–Trinajstić information content (AvgIpc) is 2.91. The third kappa shape index (κ3) is 4.48. The van der Waals surface area contributed by atoms with E-state index in [1.807, 2.05) is 0 Å². The molecule has 21 heavy (non-hydrogen) atoms. The van der Waals surface area contributed by atoms with Crippen LogP contribution in [0, 0.1) is 0 Å². The van der Waals surface area contributed by atoms with Crippen LogP contribution >= 0.6 is 11.3 Å². The molecule has 118 valence electrons. The maximum Gasteiger partial charge on any atom is 0.336 e. The molecule has 0 bridgehead atoms. The first-order valence-corrected chi connectivity index (χ1v) is 8.97. The van der Waals surface area contributed by atoms with E-state index in [2.05, 4.69) is 21.6 Å². The summed E-state index contributed by atoms with van der Waals surface area (Å²) >= 11 is 0.920. The van der Waals surface area contributed by atoms with Gasteiger partial charge in [0.15, 0.2) is 0 Å². The highest BCUT2D eigenvalue weighted by atomic mass is 32.2. The van der Waals surface area contributed by atoms with Gasteiger partial charge in [0.05, 0.1) is 5.56 Å². The number of aromatic carboxylic acids is 1. The third-order valence-corrected chi connectivity index (χ3v) is 6.30. The number of hydrogen-bond acceptors (Lipinski definition) is 6. The van der Waals surface area contributed by atoms with Gasteiger partial charge in [-0.1, -0.05) is 0 Å². The van der Waals surface area contributed by atoms with Crippen LogP contribution in [0.3, 0.4) is 0 Å². The molecule has 0 aromatic carbocycles. The van der Waals surface area contributed by atoms with Gasteiger partial charge in [-0.3, -0.25) is 4.90 Å². The van der Waals surface area contributed by atoms with Crippen LogP contribution in [0.15, 0.2) is 15.7 Å². The van der Waals surface area contributed by atoms with Crippen LogP contribution in [-0.2, 0) is 10.0 Å². The predicted octanol–water partition coefficient (Wildman–Crippen LogP) is -0.0280. The zero-order valence-electron chi connectivity index (χ0n) is 11.8. The van der Waals surface area contributed by atoms with Gasteiger partial charge in [-0.2, -0.15) is 0 Å². The van der Waals surface area contributed by atoms with E-state index in [0.717, 1.165) is 37.5 Å². The van der Waals surface area contributed by atoms with Gasteiger partial charge in [-0.05, 0) is 13.1 Å². The van der Waals surface area contributed by atoms with Crippen molar-refractivity contribution >= 4 is 27.3 Å². The number of nitrogens with one attached hydrogen (secondary N) is 1. The van der Waals surface area contributed by atoms with Crippen molar-refractivity contribution in [2.24, 2.45) is 0 Å². The van der Waals surface area contributed by atoms with E-state index in [1.165, 1.54) is 11.4 Å². The van der Waals surface area contributed by atoms with Gasteiger partial charge in [-0.25, -0.2) is 17.9 Å². The molecule has 0 atom stereocenters. The first-order chi connectivity index (χ1) is 9.88. The standard InChI is InChI=1S/C12H19N3O4S2/c1-14-4-6-15(7-5-14)3-2-13-21(18,19)11-8-10(9-20-11)12(16)17/h8-9,13H,2-7H2,1H3,(H,16,17). The summed E-state index contributed by atoms with van der Waals surface area (Å²) in [5.41, 5.74) is -0.000516. The van der Waals surface area contributed by atoms with Crippen molar-refractivity contribution in [3.8, 4) is 0 Å². The Balaban J connectivity index is 1.85. The Labute approximate surface area is 128 Å². The number of piperazine rings is 1. The molecular weight excluding hydrogens is 314 g/mol. The zero-order chi connectivity index (χ0) is 15.5. The molecule has 2 heterocycles. The van der Waals surface area contributed by atoms with Crippen LogP contribution in [0.25, 0.3) is 0 Å². The number of hydrogen-bond donors (Lipinski definition) is 2. The molecule has 0 radical (unpaired) electrons. The maximum absolute atomic E-state index is 12.0. The summed E-state index contributed by atoms with van der Waals surface area (Å²) in [7, 11) is -1.55. The lowest BCUT2D eigenvalue weighted by Gasteiger charge is -2.32. The average molecular weight is 333 g/mol. The summed E-state index contributed by atoms with van der Waals surface area (Å²) in [6.07, 6.45) is 0. The van der Waals surface area contributed by atoms with Crippen LogP contribution < -0.4 is 4.72 Å². The van der Waals surface area contributed by atoms with Crippen molar-refractivity contribution in [1.82, 2.24) is 14.5 Å². The lowest BCUT2D eigenvalue weighted by molar-refractivity contribution is 0.0697. The molecule has 0 spiro atoms. The van der Waals surface area contributed by atoms with Gasteiger partial charge in [-0.15, -0.1) is 11.3 Å². The van der Waals surface area contributed by atoms with Crippen LogP contribution in [-0.4, -0.2) is 75.6 Å². The topological polar surface area (TPSA) is 90.0 Å². The van der Waals surface area contributed by atoms with E-state index in [-0.39, 0.29) is 9.77 Å². The molecule has 0 amide bonds. The van der Waals surface area contributed by atoms with Crippen molar-refractivity contribution in [2.45, 2.75) is 4.21 Å². The van der Waals surface area contributed by atoms with Gasteiger partial charge in [0.1, 0.15) is 4.21 Å². The largest absolute Gasteiger partial charge is 0.478 e. The van der Waals surface area contributed by atoms with Crippen molar-refractivity contribution in [1.29, 1.82) is 0 Å². The van der Waals surface area contributed by atoms with E-state index < -0.39 is 16.0 Å². The summed E-state index contributed by atoms with van der Waals surface area (Å²) in [6.45, 7) is 4.82. The minimum Gasteiger partial charge on any atom is -0.478 e. The van der Waals surface area contributed by atoms with Crippen molar-refractivity contribution in [2.75, 3.05) is 46.3 Å². The van der Waals surface area contributed by atoms with Gasteiger partial charge in [0.25, 0.3) is 0 Å². The first kappa shape index (κ1) is 16.4. The van der Waals surface area contributed by atoms with Gasteiger partial charge in [0, 0.05) is 44.6 Å². The smallest absolute Gasteiger partial charge is 0.336 e. The summed E-state index contributed by atoms with van der Waals surface area (Å²) in [6, 6.07) is 1.19. The molecule has 1 fully saturated rings. The predicted molar refractivity (Wildman–Crippen MR) is 80.4 cm³/mol. The fraction of sp³-hybridized carbons (Fsp3) is 0.583. The van der Waals surface area contributed by atoms with E-state index in [1.54, 1.807) is 0 Å². The summed E-state index contributed by atoms with van der Waals surface area (Å²) in [5.74, 6) is -1.12. The molecule has 0 aliphatic carbocycles. The molecule has 1 aliphatic rings. The Morgan fingerprint density at radius 2 is 2.05 bits per heavy atom. The number of thiophene rings is 1. The van der Waals surface area contributed by atoms with E-state index >= 15 is 0 Å². The van der Waals surface area contributed by atoms with E-state index in [4.69, 9.17) is 5.11 Å². The highest BCUT2D eigenvalue weighted by Crippen LogP contribution is 2.19. The molecule has 1 saturated heterocycles. The van der Waals surface area contributed by atoms with Crippen LogP contribution in [0.2, 0.25) is 0 Å². The Kier molecular flexibility index (Phi) is 5.33. The quantitative estimate of drug-likeness (QED) is 0.760. The Bertz CT molecular complexity index is 591. The minimum atomic E-state index is -3.62. The maximum atomic E-state index is 12.0. The van der Waals surface area contributed by atoms with E-state index in [9.17, 15) is 13.2 Å². The normalized spacial score (nSPS) is 18.0. The highest BCUT2D eigenvalue weighted by Gasteiger charge is 2.19. The number of nitrogens with zero attached hydrogens (tertiary/aromatic N) is 2. The monoisotopic (exact) mass is 333 g/mol. The Morgan fingerprint density at radius 3 is 2.62 bits per heavy atom. The van der Waals surface area contributed by atoms with E-state index in [0.29, 0.717) is 13.1 Å². The zero-order valence-corrected chi connectivity index (χ0v) is 13.4. The first-order valence-electron chi connectivity index (χ1n) is 6.61. The number of likely N-dealkylation sites (N-methyl/N-ethyl adjacent to an activating group) is 1. The third-order valence-electron chi connectivity index (χ3n) is 3.40. The second-order valence-electron chi connectivity index (χ2n) is 5.00. The number of rotatable bonds is 6. The highest BCUT2D eigenvalue weighted by molar-refractivity contribution is 7.91. The van der Waals surface area contributed by atoms with Crippen molar-refractivity contribution in [3.05, 3.63) is 17.0 Å². The number of carboxylic acid groups (broad SMARTS) is 1. The Hall–Kier alpha value is -1.00. The number of carboxylic acids is 1. The van der Waals surface area contributed by atoms with Crippen LogP contribution in [0.5, 0.6) is 0 Å². The molecule has 0 saturated carbocycles.